The molecule has 1 saturated heterocycles. The molecule has 1 aromatic carbocycles. The van der Waals surface area contributed by atoms with Crippen LogP contribution in [0.15, 0.2) is 34.4 Å². The van der Waals surface area contributed by atoms with Gasteiger partial charge in [0, 0.05) is 16.2 Å². The van der Waals surface area contributed by atoms with Crippen molar-refractivity contribution in [3.63, 3.8) is 0 Å². The number of anilines is 1. The summed E-state index contributed by atoms with van der Waals surface area (Å²) >= 11 is 0. The summed E-state index contributed by atoms with van der Waals surface area (Å²) in [5.74, 6) is -0.395. The van der Waals surface area contributed by atoms with Crippen LogP contribution >= 0.6 is 23.5 Å². The van der Waals surface area contributed by atoms with Gasteiger partial charge in [-0.05, 0) is 11.6 Å². The number of aliphatic hydroxyl groups excluding tert-OH is 2. The van der Waals surface area contributed by atoms with E-state index in [0.717, 1.165) is 10.9 Å². The molecule has 9 N–H and O–H groups in total. The highest BCUT2D eigenvalue weighted by atomic mass is 31.3. The maximum atomic E-state index is 12.6. The minimum atomic E-state index is -5.92. The molecule has 0 aliphatic carbocycles. The number of nitrogens with zero attached hydrogens (tertiary/aromatic N) is 6. The molecule has 1 aliphatic heterocycles. The predicted octanol–water partition coefficient (Wildman–Crippen LogP) is 0.185. The van der Waals surface area contributed by atoms with E-state index in [1.54, 1.807) is 0 Å². The van der Waals surface area contributed by atoms with Crippen molar-refractivity contribution < 1.29 is 66.1 Å². The summed E-state index contributed by atoms with van der Waals surface area (Å²) in [6, 6.07) is 3.96. The van der Waals surface area contributed by atoms with E-state index >= 15 is 0 Å². The molecule has 234 valence electrons. The average molecular weight is 670 g/mol. The van der Waals surface area contributed by atoms with Gasteiger partial charge in [-0.3, -0.25) is 18.9 Å². The molecule has 0 saturated carbocycles. The van der Waals surface area contributed by atoms with E-state index < -0.39 is 66.8 Å². The van der Waals surface area contributed by atoms with Gasteiger partial charge in [0.25, 0.3) is 5.56 Å². The highest BCUT2D eigenvalue weighted by molar-refractivity contribution is 7.66. The second kappa shape index (κ2) is 12.4. The summed E-state index contributed by atoms with van der Waals surface area (Å²) in [6.45, 7) is -1.19. The Labute approximate surface area is 237 Å². The fraction of sp³-hybridized carbons (Fsp3) is 0.353. The number of aromatic nitrogens is 4. The summed E-state index contributed by atoms with van der Waals surface area (Å²) < 4.78 is 60.1. The summed E-state index contributed by atoms with van der Waals surface area (Å²) in [7, 11) is -17.4. The molecule has 1 fully saturated rings. The lowest BCUT2D eigenvalue weighted by Gasteiger charge is -2.24. The largest absolute Gasteiger partial charge is 0.490 e. The van der Waals surface area contributed by atoms with Crippen molar-refractivity contribution in [3.05, 3.63) is 50.9 Å². The monoisotopic (exact) mass is 670 g/mol. The Morgan fingerprint density at radius 3 is 2.56 bits per heavy atom. The Morgan fingerprint density at radius 1 is 1.19 bits per heavy atom. The predicted molar refractivity (Wildman–Crippen MR) is 138 cm³/mol. The fourth-order valence-corrected chi connectivity index (χ4v) is 7.12. The van der Waals surface area contributed by atoms with Gasteiger partial charge in [-0.1, -0.05) is 17.2 Å². The number of nitrogens with one attached hydrogen (secondary N) is 1. The SMILES string of the molecule is [N-]=[N+]=Nc1ccc(CO)c(OCC2OC(n3cnc4c(=O)[nH]c(N)nc43)C(O)C2OP(=O)(O)OP(=O)(O)OP(=O)(O)O)c1. The number of ether oxygens (including phenoxy) is 2. The van der Waals surface area contributed by atoms with Gasteiger partial charge < -0.3 is 45.0 Å². The first-order valence-corrected chi connectivity index (χ1v) is 15.8. The minimum Gasteiger partial charge on any atom is -0.490 e. The molecule has 2 aromatic heterocycles. The molecule has 23 nitrogen and oxygen atoms in total. The summed E-state index contributed by atoms with van der Waals surface area (Å²) in [5, 5.41) is 24.1. The number of azide groups is 1. The number of fused-ring (bicyclic) bond motifs is 1. The van der Waals surface area contributed by atoms with Crippen LogP contribution in [0.4, 0.5) is 11.6 Å². The van der Waals surface area contributed by atoms with E-state index in [0.29, 0.717) is 0 Å². The molecular weight excluding hydrogens is 649 g/mol. The number of rotatable bonds is 12. The zero-order chi connectivity index (χ0) is 31.7. The van der Waals surface area contributed by atoms with Crippen LogP contribution in [-0.4, -0.2) is 74.2 Å². The van der Waals surface area contributed by atoms with Crippen LogP contribution in [0.25, 0.3) is 21.6 Å². The van der Waals surface area contributed by atoms with Gasteiger partial charge in [-0.2, -0.15) is 13.6 Å². The lowest BCUT2D eigenvalue weighted by molar-refractivity contribution is -0.0474. The molecule has 3 aromatic rings. The molecular formula is C17H21N8O15P3. The van der Waals surface area contributed by atoms with E-state index in [4.69, 9.17) is 35.0 Å². The van der Waals surface area contributed by atoms with Crippen LogP contribution < -0.4 is 16.0 Å². The third-order valence-electron chi connectivity index (χ3n) is 5.49. The van der Waals surface area contributed by atoms with Gasteiger partial charge in [0.2, 0.25) is 5.95 Å². The van der Waals surface area contributed by atoms with Crippen molar-refractivity contribution in [3.8, 4) is 5.75 Å². The third-order valence-corrected chi connectivity index (χ3v) is 9.33. The van der Waals surface area contributed by atoms with Crippen molar-refractivity contribution in [2.75, 3.05) is 12.3 Å². The topological polar surface area (TPSA) is 357 Å². The zero-order valence-electron chi connectivity index (χ0n) is 21.0. The van der Waals surface area contributed by atoms with E-state index in [1.807, 2.05) is 0 Å². The second-order valence-corrected chi connectivity index (χ2v) is 12.8. The van der Waals surface area contributed by atoms with Crippen LogP contribution in [-0.2, 0) is 38.2 Å². The molecule has 0 amide bonds. The molecule has 43 heavy (non-hydrogen) atoms. The van der Waals surface area contributed by atoms with Crippen LogP contribution in [0.1, 0.15) is 11.8 Å². The van der Waals surface area contributed by atoms with Crippen LogP contribution in [0, 0.1) is 0 Å². The second-order valence-electron chi connectivity index (χ2n) is 8.44. The van der Waals surface area contributed by atoms with E-state index in [2.05, 4.69) is 33.6 Å². The molecule has 26 heteroatoms. The molecule has 0 spiro atoms. The number of hydrogen-bond donors (Lipinski definition) is 8. The number of hydrogen-bond acceptors (Lipinski definition) is 15. The Hall–Kier alpha value is -3.23. The fourth-order valence-electron chi connectivity index (χ4n) is 3.89. The maximum Gasteiger partial charge on any atom is 0.490 e. The lowest BCUT2D eigenvalue weighted by atomic mass is 10.1. The van der Waals surface area contributed by atoms with Crippen molar-refractivity contribution in [1.29, 1.82) is 0 Å². The molecule has 6 unspecified atom stereocenters. The van der Waals surface area contributed by atoms with E-state index in [-0.39, 0.29) is 34.1 Å². The summed E-state index contributed by atoms with van der Waals surface area (Å²) in [5.41, 5.74) is 13.4. The van der Waals surface area contributed by atoms with Crippen molar-refractivity contribution in [2.45, 2.75) is 31.1 Å². The summed E-state index contributed by atoms with van der Waals surface area (Å²) in [4.78, 5) is 62.0. The smallest absolute Gasteiger partial charge is 0.490 e. The number of imidazole rings is 1. The lowest BCUT2D eigenvalue weighted by Crippen LogP contribution is -2.36. The van der Waals surface area contributed by atoms with Gasteiger partial charge in [0.1, 0.15) is 30.7 Å². The van der Waals surface area contributed by atoms with Gasteiger partial charge in [0.15, 0.2) is 17.4 Å². The van der Waals surface area contributed by atoms with E-state index in [9.17, 15) is 38.5 Å². The quantitative estimate of drug-likeness (QED) is 0.0551. The van der Waals surface area contributed by atoms with Gasteiger partial charge in [-0.15, -0.1) is 0 Å². The van der Waals surface area contributed by atoms with Crippen LogP contribution in [0.2, 0.25) is 0 Å². The molecule has 4 rings (SSSR count). The molecule has 0 bridgehead atoms. The van der Waals surface area contributed by atoms with Crippen LogP contribution in [0.5, 0.6) is 5.75 Å². The first kappa shape index (κ1) is 32.7. The van der Waals surface area contributed by atoms with E-state index in [1.165, 1.54) is 18.2 Å². The van der Waals surface area contributed by atoms with Crippen molar-refractivity contribution in [1.82, 2.24) is 19.5 Å². The maximum absolute atomic E-state index is 12.6. The molecule has 0 radical (unpaired) electrons. The van der Waals surface area contributed by atoms with Crippen molar-refractivity contribution >= 4 is 46.3 Å². The normalized spacial score (nSPS) is 23.4. The first-order valence-electron chi connectivity index (χ1n) is 11.3. The van der Waals surface area contributed by atoms with Crippen molar-refractivity contribution in [2.24, 2.45) is 5.11 Å². The Bertz CT molecular complexity index is 1770. The number of nitrogens with two attached hydrogens (primary N) is 1. The standard InChI is InChI=1S/C17H21N8O15P3/c18-17-21-14-11(15(28)22-17)20-6-25(14)16-12(27)13(38-42(32,33)40-43(34,35)39-41(29,30)31)10(37-16)5-36-9-3-8(23-24-19)2-1-7(9)4-26/h1-3,6,10,12-13,16,26-27H,4-5H2,(H,32,33)(H,34,35)(H2,29,30,31)(H3,18,21,22,28). The Balaban J connectivity index is 1.67. The minimum absolute atomic E-state index is 0.0555. The van der Waals surface area contributed by atoms with Gasteiger partial charge >= 0.3 is 23.5 Å². The molecule has 3 heterocycles. The number of H-pyrrole nitrogens is 1. The van der Waals surface area contributed by atoms with Gasteiger partial charge in [0.05, 0.1) is 12.9 Å². The van der Waals surface area contributed by atoms with Gasteiger partial charge in [-0.25, -0.2) is 18.7 Å². The first-order chi connectivity index (χ1) is 20.0. The number of phosphoric ester groups is 1. The summed E-state index contributed by atoms with van der Waals surface area (Å²) in [6.07, 6.45) is -6.12. The number of benzene rings is 1. The highest BCUT2D eigenvalue weighted by Gasteiger charge is 2.51. The number of phosphoric acid groups is 3. The number of nitrogen functional groups attached to an aromatic ring is 1. The number of aliphatic hydroxyl groups is 2. The zero-order valence-corrected chi connectivity index (χ0v) is 23.7. The number of aromatic amines is 1. The Kier molecular flexibility index (Phi) is 9.43. The molecule has 1 aliphatic rings. The average Bonchev–Trinajstić information content (AvgIpc) is 3.41. The third kappa shape index (κ3) is 7.84. The van der Waals surface area contributed by atoms with Crippen LogP contribution in [0.3, 0.4) is 0 Å². The molecule has 6 atom stereocenters. The highest BCUT2D eigenvalue weighted by Crippen LogP contribution is 2.67. The Morgan fingerprint density at radius 2 is 1.91 bits per heavy atom.